The first-order valence-electron chi connectivity index (χ1n) is 5.74. The van der Waals surface area contributed by atoms with Crippen LogP contribution in [0.3, 0.4) is 0 Å². The van der Waals surface area contributed by atoms with E-state index in [1.54, 1.807) is 6.20 Å². The van der Waals surface area contributed by atoms with Gasteiger partial charge in [0, 0.05) is 13.2 Å². The van der Waals surface area contributed by atoms with Gasteiger partial charge >= 0.3 is 0 Å². The number of nitrogens with zero attached hydrogens (tertiary/aromatic N) is 3. The topological polar surface area (TPSA) is 59.9 Å². The Balaban J connectivity index is 2.40. The maximum absolute atomic E-state index is 5.81. The molecule has 1 N–H and O–H groups in total. The van der Waals surface area contributed by atoms with Crippen molar-refractivity contribution in [2.24, 2.45) is 0 Å². The average Bonchev–Trinajstić information content (AvgIpc) is 2.36. The Morgan fingerprint density at radius 1 is 1.17 bits per heavy atom. The molecule has 0 amide bonds. The second-order valence-electron chi connectivity index (χ2n) is 3.99. The van der Waals surface area contributed by atoms with E-state index in [0.29, 0.717) is 17.5 Å². The number of pyridine rings is 1. The summed E-state index contributed by atoms with van der Waals surface area (Å²) >= 11 is 0. The lowest BCUT2D eigenvalue weighted by atomic mass is 10.3. The van der Waals surface area contributed by atoms with Crippen molar-refractivity contribution in [3.8, 4) is 11.6 Å². The van der Waals surface area contributed by atoms with Crippen LogP contribution in [0.5, 0.6) is 11.6 Å². The SMILES string of the molecule is CNc1nc(C)nc(Oc2cccnc2C)c1C. The van der Waals surface area contributed by atoms with Crippen molar-refractivity contribution in [1.29, 1.82) is 0 Å². The lowest BCUT2D eigenvalue weighted by Crippen LogP contribution is -2.03. The van der Waals surface area contributed by atoms with Crippen molar-refractivity contribution < 1.29 is 4.74 Å². The van der Waals surface area contributed by atoms with Gasteiger partial charge in [-0.2, -0.15) is 4.98 Å². The Bertz CT molecular complexity index is 569. The summed E-state index contributed by atoms with van der Waals surface area (Å²) in [6.45, 7) is 5.66. The summed E-state index contributed by atoms with van der Waals surface area (Å²) in [4.78, 5) is 12.8. The van der Waals surface area contributed by atoms with E-state index in [9.17, 15) is 0 Å². The fourth-order valence-electron chi connectivity index (χ4n) is 1.63. The molecule has 0 unspecified atom stereocenters. The predicted octanol–water partition coefficient (Wildman–Crippen LogP) is 2.63. The van der Waals surface area contributed by atoms with Crippen LogP contribution in [0.25, 0.3) is 0 Å². The second-order valence-corrected chi connectivity index (χ2v) is 3.99. The van der Waals surface area contributed by atoms with Crippen molar-refractivity contribution in [1.82, 2.24) is 15.0 Å². The highest BCUT2D eigenvalue weighted by molar-refractivity contribution is 5.49. The summed E-state index contributed by atoms with van der Waals surface area (Å²) in [5.41, 5.74) is 1.71. The van der Waals surface area contributed by atoms with E-state index in [0.717, 1.165) is 17.1 Å². The number of rotatable bonds is 3. The molecule has 94 valence electrons. The third-order valence-electron chi connectivity index (χ3n) is 2.61. The van der Waals surface area contributed by atoms with Gasteiger partial charge in [0.05, 0.1) is 11.3 Å². The minimum absolute atomic E-state index is 0.558. The molecule has 0 aromatic carbocycles. The van der Waals surface area contributed by atoms with E-state index in [4.69, 9.17) is 4.74 Å². The average molecular weight is 244 g/mol. The standard InChI is InChI=1S/C13H16N4O/c1-8-12(14-4)16-10(3)17-13(8)18-11-6-5-7-15-9(11)2/h5-7H,1-4H3,(H,14,16,17). The first-order chi connectivity index (χ1) is 8.61. The zero-order chi connectivity index (χ0) is 13.1. The molecule has 18 heavy (non-hydrogen) atoms. The van der Waals surface area contributed by atoms with Gasteiger partial charge < -0.3 is 10.1 Å². The first-order valence-corrected chi connectivity index (χ1v) is 5.74. The maximum Gasteiger partial charge on any atom is 0.227 e. The molecular formula is C13H16N4O. The molecule has 5 nitrogen and oxygen atoms in total. The summed E-state index contributed by atoms with van der Waals surface area (Å²) in [7, 11) is 1.83. The number of ether oxygens (including phenoxy) is 1. The zero-order valence-electron chi connectivity index (χ0n) is 11.0. The van der Waals surface area contributed by atoms with Crippen molar-refractivity contribution in [2.75, 3.05) is 12.4 Å². The van der Waals surface area contributed by atoms with Gasteiger partial charge in [0.25, 0.3) is 0 Å². The Kier molecular flexibility index (Phi) is 3.41. The van der Waals surface area contributed by atoms with Crippen LogP contribution < -0.4 is 10.1 Å². The molecule has 0 saturated carbocycles. The first kappa shape index (κ1) is 12.3. The molecule has 0 spiro atoms. The molecule has 0 aliphatic carbocycles. The van der Waals surface area contributed by atoms with E-state index in [1.165, 1.54) is 0 Å². The number of hydrogen-bond donors (Lipinski definition) is 1. The molecule has 0 aliphatic rings. The lowest BCUT2D eigenvalue weighted by Gasteiger charge is -2.12. The molecule has 2 heterocycles. The monoisotopic (exact) mass is 244 g/mol. The second kappa shape index (κ2) is 5.00. The van der Waals surface area contributed by atoms with Gasteiger partial charge in [-0.1, -0.05) is 0 Å². The fraction of sp³-hybridized carbons (Fsp3) is 0.308. The maximum atomic E-state index is 5.81. The summed E-state index contributed by atoms with van der Waals surface area (Å²) in [6.07, 6.45) is 1.74. The normalized spacial score (nSPS) is 10.2. The van der Waals surface area contributed by atoms with Gasteiger partial charge in [0.2, 0.25) is 5.88 Å². The van der Waals surface area contributed by atoms with E-state index in [-0.39, 0.29) is 0 Å². The molecule has 0 radical (unpaired) electrons. The third kappa shape index (κ3) is 2.40. The minimum atomic E-state index is 0.558. The highest BCUT2D eigenvalue weighted by Gasteiger charge is 2.11. The Morgan fingerprint density at radius 2 is 1.94 bits per heavy atom. The van der Waals surface area contributed by atoms with Crippen LogP contribution in [0.1, 0.15) is 17.1 Å². The lowest BCUT2D eigenvalue weighted by molar-refractivity contribution is 0.450. The van der Waals surface area contributed by atoms with Crippen LogP contribution in [0, 0.1) is 20.8 Å². The molecule has 0 saturated heterocycles. The number of nitrogens with one attached hydrogen (secondary N) is 1. The molecule has 0 aliphatic heterocycles. The van der Waals surface area contributed by atoms with E-state index in [1.807, 2.05) is 40.0 Å². The van der Waals surface area contributed by atoms with Crippen molar-refractivity contribution in [3.05, 3.63) is 35.4 Å². The fourth-order valence-corrected chi connectivity index (χ4v) is 1.63. The Labute approximate surface area is 106 Å². The highest BCUT2D eigenvalue weighted by Crippen LogP contribution is 2.27. The smallest absolute Gasteiger partial charge is 0.227 e. The molecule has 2 aromatic rings. The van der Waals surface area contributed by atoms with E-state index >= 15 is 0 Å². The number of anilines is 1. The van der Waals surface area contributed by atoms with Crippen LogP contribution >= 0.6 is 0 Å². The highest BCUT2D eigenvalue weighted by atomic mass is 16.5. The molecule has 5 heteroatoms. The quantitative estimate of drug-likeness (QED) is 0.899. The zero-order valence-corrected chi connectivity index (χ0v) is 11.0. The van der Waals surface area contributed by atoms with Gasteiger partial charge in [0.15, 0.2) is 5.75 Å². The van der Waals surface area contributed by atoms with Gasteiger partial charge in [0.1, 0.15) is 11.6 Å². The number of hydrogen-bond acceptors (Lipinski definition) is 5. The van der Waals surface area contributed by atoms with Crippen molar-refractivity contribution >= 4 is 5.82 Å². The molecule has 0 atom stereocenters. The van der Waals surface area contributed by atoms with Crippen LogP contribution in [-0.4, -0.2) is 22.0 Å². The van der Waals surface area contributed by atoms with Gasteiger partial charge in [-0.3, -0.25) is 4.98 Å². The minimum Gasteiger partial charge on any atom is -0.437 e. The molecule has 2 aromatic heterocycles. The summed E-state index contributed by atoms with van der Waals surface area (Å²) < 4.78 is 5.81. The molecule has 0 bridgehead atoms. The molecule has 0 fully saturated rings. The van der Waals surface area contributed by atoms with Gasteiger partial charge in [-0.05, 0) is 32.9 Å². The van der Waals surface area contributed by atoms with Crippen molar-refractivity contribution in [3.63, 3.8) is 0 Å². The largest absolute Gasteiger partial charge is 0.437 e. The van der Waals surface area contributed by atoms with E-state index in [2.05, 4.69) is 20.3 Å². The van der Waals surface area contributed by atoms with Crippen LogP contribution in [-0.2, 0) is 0 Å². The predicted molar refractivity (Wildman–Crippen MR) is 70.1 cm³/mol. The number of aromatic nitrogens is 3. The molecule has 2 rings (SSSR count). The summed E-state index contributed by atoms with van der Waals surface area (Å²) in [5, 5.41) is 3.03. The van der Waals surface area contributed by atoms with Crippen LogP contribution in [0.2, 0.25) is 0 Å². The Morgan fingerprint density at radius 3 is 2.61 bits per heavy atom. The van der Waals surface area contributed by atoms with Gasteiger partial charge in [-0.25, -0.2) is 4.98 Å². The Hall–Kier alpha value is -2.17. The summed E-state index contributed by atoms with van der Waals surface area (Å²) in [5.74, 6) is 2.71. The number of aryl methyl sites for hydroxylation is 2. The summed E-state index contributed by atoms with van der Waals surface area (Å²) in [6, 6.07) is 3.71. The van der Waals surface area contributed by atoms with E-state index < -0.39 is 0 Å². The van der Waals surface area contributed by atoms with Crippen LogP contribution in [0.15, 0.2) is 18.3 Å². The van der Waals surface area contributed by atoms with Crippen LogP contribution in [0.4, 0.5) is 5.82 Å². The van der Waals surface area contributed by atoms with Crippen molar-refractivity contribution in [2.45, 2.75) is 20.8 Å². The van der Waals surface area contributed by atoms with Gasteiger partial charge in [-0.15, -0.1) is 0 Å². The third-order valence-corrected chi connectivity index (χ3v) is 2.61. The molecular weight excluding hydrogens is 228 g/mol.